The van der Waals surface area contributed by atoms with Gasteiger partial charge in [0.05, 0.1) is 14.5 Å². The van der Waals surface area contributed by atoms with E-state index in [2.05, 4.69) is 0 Å². The Labute approximate surface area is 179 Å². The van der Waals surface area contributed by atoms with Crippen LogP contribution in [0.4, 0.5) is 0 Å². The maximum atomic E-state index is 12.7. The van der Waals surface area contributed by atoms with Gasteiger partial charge in [-0.15, -0.1) is 11.3 Å². The second kappa shape index (κ2) is 8.35. The summed E-state index contributed by atoms with van der Waals surface area (Å²) in [6, 6.07) is 8.88. The van der Waals surface area contributed by atoms with E-state index in [1.165, 1.54) is 34.6 Å². The predicted molar refractivity (Wildman–Crippen MR) is 113 cm³/mol. The van der Waals surface area contributed by atoms with Crippen LogP contribution in [-0.2, 0) is 19.9 Å². The van der Waals surface area contributed by atoms with Gasteiger partial charge in [-0.05, 0) is 50.2 Å². The Bertz CT molecular complexity index is 1100. The smallest absolute Gasteiger partial charge is 0.253 e. The zero-order valence-corrected chi connectivity index (χ0v) is 19.1. The number of sulfonamides is 1. The van der Waals surface area contributed by atoms with E-state index in [0.29, 0.717) is 9.90 Å². The summed E-state index contributed by atoms with van der Waals surface area (Å²) >= 11 is 6.84. The molecule has 2 heterocycles. The second-order valence-electron chi connectivity index (χ2n) is 6.87. The molecule has 1 aromatic heterocycles. The Morgan fingerprint density at radius 3 is 2.03 bits per heavy atom. The fourth-order valence-electron chi connectivity index (χ4n) is 2.94. The molecule has 1 amide bonds. The van der Waals surface area contributed by atoms with Crippen molar-refractivity contribution >= 4 is 48.7 Å². The quantitative estimate of drug-likeness (QED) is 0.661. The molecule has 1 saturated heterocycles. The third-order valence-corrected chi connectivity index (χ3v) is 10.5. The number of thiophene rings is 1. The van der Waals surface area contributed by atoms with Crippen molar-refractivity contribution in [3.05, 3.63) is 46.3 Å². The summed E-state index contributed by atoms with van der Waals surface area (Å²) in [6.45, 7) is 4.08. The Balaban J connectivity index is 1.67. The molecule has 3 rings (SSSR count). The van der Waals surface area contributed by atoms with Crippen LogP contribution in [0.15, 0.2) is 45.5 Å². The fourth-order valence-corrected chi connectivity index (χ4v) is 7.06. The lowest BCUT2D eigenvalue weighted by atomic mass is 10.2. The summed E-state index contributed by atoms with van der Waals surface area (Å²) in [5, 5.41) is -0.544. The lowest BCUT2D eigenvalue weighted by Crippen LogP contribution is -2.50. The highest BCUT2D eigenvalue weighted by molar-refractivity contribution is 7.92. The normalized spacial score (nSPS) is 16.3. The lowest BCUT2D eigenvalue weighted by molar-refractivity contribution is 0.0698. The van der Waals surface area contributed by atoms with Crippen LogP contribution in [0, 0.1) is 0 Å². The lowest BCUT2D eigenvalue weighted by Gasteiger charge is -2.33. The molecule has 0 saturated carbocycles. The molecule has 158 valence electrons. The van der Waals surface area contributed by atoms with Gasteiger partial charge in [-0.1, -0.05) is 11.6 Å². The summed E-state index contributed by atoms with van der Waals surface area (Å²) in [7, 11) is -7.02. The number of amides is 1. The predicted octanol–water partition coefficient (Wildman–Crippen LogP) is 2.73. The number of nitrogens with zero attached hydrogens (tertiary/aromatic N) is 2. The summed E-state index contributed by atoms with van der Waals surface area (Å²) in [5.74, 6) is -0.255. The van der Waals surface area contributed by atoms with Crippen LogP contribution in [0.3, 0.4) is 0 Å². The van der Waals surface area contributed by atoms with Crippen molar-refractivity contribution in [3.63, 3.8) is 0 Å². The van der Waals surface area contributed by atoms with Crippen LogP contribution in [0.1, 0.15) is 24.2 Å². The number of sulfone groups is 1. The molecule has 0 radical (unpaired) electrons. The molecule has 0 N–H and O–H groups in total. The van der Waals surface area contributed by atoms with Crippen LogP contribution < -0.4 is 0 Å². The largest absolute Gasteiger partial charge is 0.336 e. The van der Waals surface area contributed by atoms with E-state index in [1.807, 2.05) is 0 Å². The van der Waals surface area contributed by atoms with Crippen molar-refractivity contribution in [2.45, 2.75) is 28.2 Å². The van der Waals surface area contributed by atoms with Gasteiger partial charge in [0.1, 0.15) is 4.21 Å². The van der Waals surface area contributed by atoms with Gasteiger partial charge >= 0.3 is 0 Å². The number of rotatable bonds is 5. The van der Waals surface area contributed by atoms with E-state index < -0.39 is 25.1 Å². The molecule has 1 fully saturated rings. The number of carbonyl (C=O) groups is 1. The standard InChI is InChI=1S/C18H21ClN2O5S3/c1-13(2)28(23,24)15-5-3-14(4-6-15)18(22)20-9-11-21(12-10-20)29(25,26)17-8-7-16(19)27-17/h3-8,13H,9-12H2,1-2H3. The molecule has 0 bridgehead atoms. The van der Waals surface area contributed by atoms with Crippen molar-refractivity contribution in [1.29, 1.82) is 0 Å². The van der Waals surface area contributed by atoms with Gasteiger partial charge in [-0.25, -0.2) is 16.8 Å². The van der Waals surface area contributed by atoms with Crippen LogP contribution in [-0.4, -0.2) is 63.4 Å². The van der Waals surface area contributed by atoms with Gasteiger partial charge < -0.3 is 4.90 Å². The molecular weight excluding hydrogens is 456 g/mol. The van der Waals surface area contributed by atoms with E-state index in [1.54, 1.807) is 24.8 Å². The Hall–Kier alpha value is -1.46. The number of halogens is 1. The molecular formula is C18H21ClN2O5S3. The van der Waals surface area contributed by atoms with Crippen molar-refractivity contribution in [3.8, 4) is 0 Å². The first-order chi connectivity index (χ1) is 13.5. The molecule has 0 unspecified atom stereocenters. The zero-order valence-electron chi connectivity index (χ0n) is 15.9. The van der Waals surface area contributed by atoms with Crippen LogP contribution in [0.2, 0.25) is 4.34 Å². The first-order valence-corrected chi connectivity index (χ1v) is 13.1. The van der Waals surface area contributed by atoms with Crippen LogP contribution in [0.25, 0.3) is 0 Å². The molecule has 1 aliphatic rings. The van der Waals surface area contributed by atoms with Gasteiger partial charge in [0.2, 0.25) is 0 Å². The summed E-state index contributed by atoms with van der Waals surface area (Å²) in [4.78, 5) is 14.5. The molecule has 0 aliphatic carbocycles. The minimum absolute atomic E-state index is 0.176. The fraction of sp³-hybridized carbons (Fsp3) is 0.389. The van der Waals surface area contributed by atoms with E-state index >= 15 is 0 Å². The zero-order chi connectivity index (χ0) is 21.4. The average molecular weight is 477 g/mol. The average Bonchev–Trinajstić information content (AvgIpc) is 3.14. The third kappa shape index (κ3) is 4.51. The topological polar surface area (TPSA) is 91.8 Å². The van der Waals surface area contributed by atoms with Gasteiger partial charge in [0.15, 0.2) is 9.84 Å². The van der Waals surface area contributed by atoms with E-state index in [0.717, 1.165) is 11.3 Å². The molecule has 1 aliphatic heterocycles. The summed E-state index contributed by atoms with van der Waals surface area (Å²) < 4.78 is 51.6. The van der Waals surface area contributed by atoms with Crippen LogP contribution >= 0.6 is 22.9 Å². The van der Waals surface area contributed by atoms with E-state index in [9.17, 15) is 21.6 Å². The SMILES string of the molecule is CC(C)S(=O)(=O)c1ccc(C(=O)N2CCN(S(=O)(=O)c3ccc(Cl)s3)CC2)cc1. The van der Waals surface area contributed by atoms with Gasteiger partial charge in [-0.3, -0.25) is 4.79 Å². The van der Waals surface area contributed by atoms with Gasteiger partial charge in [0, 0.05) is 31.7 Å². The van der Waals surface area contributed by atoms with Crippen LogP contribution in [0.5, 0.6) is 0 Å². The molecule has 0 spiro atoms. The highest BCUT2D eigenvalue weighted by atomic mass is 35.5. The van der Waals surface area contributed by atoms with Crippen molar-refractivity contribution in [2.75, 3.05) is 26.2 Å². The minimum Gasteiger partial charge on any atom is -0.336 e. The first-order valence-electron chi connectivity index (χ1n) is 8.92. The van der Waals surface area contributed by atoms with E-state index in [4.69, 9.17) is 11.6 Å². The molecule has 11 heteroatoms. The summed E-state index contributed by atoms with van der Waals surface area (Å²) in [6.07, 6.45) is 0. The maximum Gasteiger partial charge on any atom is 0.253 e. The first kappa shape index (κ1) is 22.2. The van der Waals surface area contributed by atoms with Gasteiger partial charge in [0.25, 0.3) is 15.9 Å². The Morgan fingerprint density at radius 2 is 1.55 bits per heavy atom. The molecule has 29 heavy (non-hydrogen) atoms. The molecule has 2 aromatic rings. The summed E-state index contributed by atoms with van der Waals surface area (Å²) in [5.41, 5.74) is 0.369. The highest BCUT2D eigenvalue weighted by Gasteiger charge is 2.31. The Morgan fingerprint density at radius 1 is 0.966 bits per heavy atom. The molecule has 1 aromatic carbocycles. The monoisotopic (exact) mass is 476 g/mol. The van der Waals surface area contributed by atoms with Gasteiger partial charge in [-0.2, -0.15) is 4.31 Å². The van der Waals surface area contributed by atoms with Crippen molar-refractivity contribution < 1.29 is 21.6 Å². The number of hydrogen-bond donors (Lipinski definition) is 0. The minimum atomic E-state index is -3.62. The second-order valence-corrected chi connectivity index (χ2v) is 13.3. The number of carbonyl (C=O) groups excluding carboxylic acids is 1. The maximum absolute atomic E-state index is 12.7. The molecule has 0 atom stereocenters. The van der Waals surface area contributed by atoms with E-state index in [-0.39, 0.29) is 41.2 Å². The van der Waals surface area contributed by atoms with Crippen molar-refractivity contribution in [1.82, 2.24) is 9.21 Å². The number of hydrogen-bond acceptors (Lipinski definition) is 6. The molecule has 7 nitrogen and oxygen atoms in total. The third-order valence-electron chi connectivity index (χ3n) is 4.72. The highest BCUT2D eigenvalue weighted by Crippen LogP contribution is 2.28. The number of piperazine rings is 1. The Kier molecular flexibility index (Phi) is 6.40. The van der Waals surface area contributed by atoms with Crippen molar-refractivity contribution in [2.24, 2.45) is 0 Å². The number of benzene rings is 1.